The molecule has 0 spiro atoms. The average Bonchev–Trinajstić information content (AvgIpc) is 2.89. The van der Waals surface area contributed by atoms with Gasteiger partial charge in [0.2, 0.25) is 5.89 Å². The van der Waals surface area contributed by atoms with Crippen LogP contribution in [-0.4, -0.2) is 29.0 Å². The number of esters is 1. The van der Waals surface area contributed by atoms with Crippen molar-refractivity contribution in [2.75, 3.05) is 12.9 Å². The highest BCUT2D eigenvalue weighted by Gasteiger charge is 2.16. The number of nitrogens with zero attached hydrogens (tertiary/aromatic N) is 2. The number of carbonyl (C=O) groups excluding carboxylic acids is 1. The highest BCUT2D eigenvalue weighted by molar-refractivity contribution is 7.98. The first-order valence-corrected chi connectivity index (χ1v) is 6.62. The normalized spacial score (nSPS) is 10.3. The van der Waals surface area contributed by atoms with Crippen molar-refractivity contribution in [2.24, 2.45) is 0 Å². The molecule has 0 saturated carbocycles. The maximum atomic E-state index is 11.4. The van der Waals surface area contributed by atoms with Crippen LogP contribution in [0.4, 0.5) is 0 Å². The van der Waals surface area contributed by atoms with E-state index in [2.05, 4.69) is 10.2 Å². The predicted octanol–water partition coefficient (Wildman–Crippen LogP) is 2.64. The Balaban J connectivity index is 2.20. The zero-order chi connectivity index (χ0) is 13.0. The van der Waals surface area contributed by atoms with Gasteiger partial charge in [-0.2, -0.15) is 0 Å². The maximum Gasteiger partial charge on any atom is 0.396 e. The second kappa shape index (κ2) is 5.68. The van der Waals surface area contributed by atoms with E-state index >= 15 is 0 Å². The number of ether oxygens (including phenoxy) is 1. The average molecular weight is 264 g/mol. The summed E-state index contributed by atoms with van der Waals surface area (Å²) in [7, 11) is 0. The van der Waals surface area contributed by atoms with Gasteiger partial charge in [0.15, 0.2) is 0 Å². The molecule has 5 nitrogen and oxygen atoms in total. The topological polar surface area (TPSA) is 65.2 Å². The Bertz CT molecular complexity index is 537. The highest BCUT2D eigenvalue weighted by atomic mass is 32.2. The number of rotatable bonds is 4. The third kappa shape index (κ3) is 2.70. The van der Waals surface area contributed by atoms with Gasteiger partial charge in [0.05, 0.1) is 6.61 Å². The molecule has 1 aromatic carbocycles. The van der Waals surface area contributed by atoms with Crippen LogP contribution in [0.3, 0.4) is 0 Å². The summed E-state index contributed by atoms with van der Waals surface area (Å²) in [6.07, 6.45) is 2.00. The predicted molar refractivity (Wildman–Crippen MR) is 67.5 cm³/mol. The van der Waals surface area contributed by atoms with E-state index in [4.69, 9.17) is 9.15 Å². The summed E-state index contributed by atoms with van der Waals surface area (Å²) in [4.78, 5) is 12.5. The molecule has 94 valence electrons. The maximum absolute atomic E-state index is 11.4. The van der Waals surface area contributed by atoms with E-state index in [1.807, 2.05) is 30.5 Å². The Kier molecular flexibility index (Phi) is 3.99. The number of hydrogen-bond acceptors (Lipinski definition) is 6. The summed E-state index contributed by atoms with van der Waals surface area (Å²) in [6.45, 7) is 2.00. The van der Waals surface area contributed by atoms with Crippen molar-refractivity contribution in [3.05, 3.63) is 30.2 Å². The van der Waals surface area contributed by atoms with Crippen LogP contribution in [0.5, 0.6) is 0 Å². The van der Waals surface area contributed by atoms with Gasteiger partial charge in [-0.1, -0.05) is 0 Å². The fourth-order valence-electron chi connectivity index (χ4n) is 1.35. The van der Waals surface area contributed by atoms with Gasteiger partial charge >= 0.3 is 11.9 Å². The second-order valence-corrected chi connectivity index (χ2v) is 4.24. The van der Waals surface area contributed by atoms with Crippen molar-refractivity contribution >= 4 is 17.7 Å². The zero-order valence-corrected chi connectivity index (χ0v) is 10.9. The van der Waals surface area contributed by atoms with E-state index in [9.17, 15) is 4.79 Å². The van der Waals surface area contributed by atoms with Crippen LogP contribution in [0.2, 0.25) is 0 Å². The molecule has 1 heterocycles. The van der Waals surface area contributed by atoms with E-state index in [0.29, 0.717) is 5.89 Å². The molecule has 0 aliphatic rings. The Morgan fingerprint density at radius 3 is 2.67 bits per heavy atom. The van der Waals surface area contributed by atoms with E-state index < -0.39 is 5.97 Å². The lowest BCUT2D eigenvalue weighted by Gasteiger charge is -1.97. The van der Waals surface area contributed by atoms with Crippen LogP contribution in [0, 0.1) is 0 Å². The molecule has 0 bridgehead atoms. The molecule has 0 fully saturated rings. The van der Waals surface area contributed by atoms with Gasteiger partial charge in [-0.25, -0.2) is 4.79 Å². The summed E-state index contributed by atoms with van der Waals surface area (Å²) in [6, 6.07) is 7.64. The zero-order valence-electron chi connectivity index (χ0n) is 10.0. The van der Waals surface area contributed by atoms with E-state index in [1.165, 1.54) is 0 Å². The molecule has 0 amide bonds. The smallest absolute Gasteiger partial charge is 0.396 e. The largest absolute Gasteiger partial charge is 0.459 e. The van der Waals surface area contributed by atoms with Crippen LogP contribution in [0.15, 0.2) is 33.6 Å². The molecular formula is C12H12N2O3S. The third-order valence-electron chi connectivity index (χ3n) is 2.21. The molecule has 0 N–H and O–H groups in total. The first-order valence-electron chi connectivity index (χ1n) is 5.39. The first kappa shape index (κ1) is 12.6. The van der Waals surface area contributed by atoms with Gasteiger partial charge in [0.25, 0.3) is 0 Å². The standard InChI is InChI=1S/C12H12N2O3S/c1-3-16-12(15)11-14-13-10(17-11)8-4-6-9(18-2)7-5-8/h4-7H,3H2,1-2H3. The van der Waals surface area contributed by atoms with Gasteiger partial charge in [-0.05, 0) is 37.4 Å². The molecule has 0 radical (unpaired) electrons. The van der Waals surface area contributed by atoms with E-state index in [-0.39, 0.29) is 12.5 Å². The van der Waals surface area contributed by atoms with Gasteiger partial charge in [0.1, 0.15) is 0 Å². The number of hydrogen-bond donors (Lipinski definition) is 0. The van der Waals surface area contributed by atoms with Crippen LogP contribution < -0.4 is 0 Å². The van der Waals surface area contributed by atoms with Crippen molar-refractivity contribution in [2.45, 2.75) is 11.8 Å². The summed E-state index contributed by atoms with van der Waals surface area (Å²) in [5, 5.41) is 7.48. The molecule has 0 unspecified atom stereocenters. The lowest BCUT2D eigenvalue weighted by Crippen LogP contribution is -2.04. The summed E-state index contributed by atoms with van der Waals surface area (Å²) < 4.78 is 10.0. The molecule has 18 heavy (non-hydrogen) atoms. The number of carbonyl (C=O) groups is 1. The highest BCUT2D eigenvalue weighted by Crippen LogP contribution is 2.22. The summed E-state index contributed by atoms with van der Waals surface area (Å²) in [5.41, 5.74) is 0.774. The van der Waals surface area contributed by atoms with E-state index in [0.717, 1.165) is 10.5 Å². The molecule has 1 aromatic heterocycles. The fourth-order valence-corrected chi connectivity index (χ4v) is 1.76. The molecule has 2 rings (SSSR count). The lowest BCUT2D eigenvalue weighted by atomic mass is 10.2. The lowest BCUT2D eigenvalue weighted by molar-refractivity contribution is 0.0481. The Hall–Kier alpha value is -1.82. The van der Waals surface area contributed by atoms with Crippen LogP contribution in [0.1, 0.15) is 17.6 Å². The Labute approximate surface area is 109 Å². The molecule has 2 aromatic rings. The number of thioether (sulfide) groups is 1. The molecule has 0 aliphatic carbocycles. The number of aromatic nitrogens is 2. The quantitative estimate of drug-likeness (QED) is 0.624. The Morgan fingerprint density at radius 2 is 2.06 bits per heavy atom. The van der Waals surface area contributed by atoms with Gasteiger partial charge in [0, 0.05) is 10.5 Å². The molecule has 0 atom stereocenters. The summed E-state index contributed by atoms with van der Waals surface area (Å²) in [5.74, 6) is -0.413. The van der Waals surface area contributed by atoms with Crippen molar-refractivity contribution in [3.63, 3.8) is 0 Å². The monoisotopic (exact) mass is 264 g/mol. The third-order valence-corrected chi connectivity index (χ3v) is 2.96. The minimum Gasteiger partial charge on any atom is -0.459 e. The first-order chi connectivity index (χ1) is 8.74. The van der Waals surface area contributed by atoms with Crippen LogP contribution >= 0.6 is 11.8 Å². The summed E-state index contributed by atoms with van der Waals surface area (Å²) >= 11 is 1.65. The minimum absolute atomic E-state index is 0.124. The molecular weight excluding hydrogens is 252 g/mol. The van der Waals surface area contributed by atoms with Crippen molar-refractivity contribution in [1.82, 2.24) is 10.2 Å². The minimum atomic E-state index is -0.600. The molecule has 0 aliphatic heterocycles. The van der Waals surface area contributed by atoms with Crippen LogP contribution in [-0.2, 0) is 4.74 Å². The van der Waals surface area contributed by atoms with Gasteiger partial charge in [-0.3, -0.25) is 0 Å². The number of benzene rings is 1. The van der Waals surface area contributed by atoms with Gasteiger partial charge in [-0.15, -0.1) is 22.0 Å². The fraction of sp³-hybridized carbons (Fsp3) is 0.250. The van der Waals surface area contributed by atoms with Crippen molar-refractivity contribution < 1.29 is 13.9 Å². The van der Waals surface area contributed by atoms with Crippen molar-refractivity contribution in [1.29, 1.82) is 0 Å². The second-order valence-electron chi connectivity index (χ2n) is 3.36. The van der Waals surface area contributed by atoms with Gasteiger partial charge < -0.3 is 9.15 Å². The Morgan fingerprint density at radius 1 is 1.33 bits per heavy atom. The van der Waals surface area contributed by atoms with Crippen LogP contribution in [0.25, 0.3) is 11.5 Å². The molecule has 0 saturated heterocycles. The molecule has 6 heteroatoms. The van der Waals surface area contributed by atoms with Crippen molar-refractivity contribution in [3.8, 4) is 11.5 Å². The SMILES string of the molecule is CCOC(=O)c1nnc(-c2ccc(SC)cc2)o1. The van der Waals surface area contributed by atoms with E-state index in [1.54, 1.807) is 18.7 Å².